The number of rotatable bonds is 4. The van der Waals surface area contributed by atoms with E-state index in [1.165, 1.54) is 0 Å². The van der Waals surface area contributed by atoms with Crippen LogP contribution < -0.4 is 10.6 Å². The van der Waals surface area contributed by atoms with Crippen LogP contribution in [0.5, 0.6) is 0 Å². The maximum absolute atomic E-state index is 11.9. The Kier molecular flexibility index (Phi) is 4.98. The molecule has 4 nitrogen and oxygen atoms in total. The van der Waals surface area contributed by atoms with Gasteiger partial charge in [-0.25, -0.2) is 4.79 Å². The molecule has 2 aromatic rings. The van der Waals surface area contributed by atoms with Crippen LogP contribution in [0, 0.1) is 0 Å². The second-order valence-electron chi connectivity index (χ2n) is 4.25. The smallest absolute Gasteiger partial charge is 0.319 e. The topological polar surface area (TPSA) is 61.4 Å². The van der Waals surface area contributed by atoms with Crippen LogP contribution in [-0.4, -0.2) is 17.7 Å². The highest BCUT2D eigenvalue weighted by Crippen LogP contribution is 2.15. The number of hydrogen-bond donors (Lipinski definition) is 3. The normalized spacial score (nSPS) is 11.7. The summed E-state index contributed by atoms with van der Waals surface area (Å²) in [5.74, 6) is 0. The third kappa shape index (κ3) is 3.98. The van der Waals surface area contributed by atoms with E-state index in [1.807, 2.05) is 30.3 Å². The van der Waals surface area contributed by atoms with Gasteiger partial charge in [0, 0.05) is 10.7 Å². The molecule has 0 heterocycles. The number of nitrogens with one attached hydrogen (secondary N) is 2. The molecule has 0 saturated carbocycles. The Labute approximate surface area is 122 Å². The van der Waals surface area contributed by atoms with Gasteiger partial charge in [-0.3, -0.25) is 0 Å². The monoisotopic (exact) mass is 290 g/mol. The van der Waals surface area contributed by atoms with Gasteiger partial charge in [-0.1, -0.05) is 41.9 Å². The van der Waals surface area contributed by atoms with E-state index < -0.39 is 6.04 Å². The van der Waals surface area contributed by atoms with Crippen LogP contribution in [-0.2, 0) is 0 Å². The van der Waals surface area contributed by atoms with E-state index in [-0.39, 0.29) is 12.6 Å². The summed E-state index contributed by atoms with van der Waals surface area (Å²) in [5.41, 5.74) is 1.48. The average Bonchev–Trinajstić information content (AvgIpc) is 2.48. The van der Waals surface area contributed by atoms with E-state index >= 15 is 0 Å². The van der Waals surface area contributed by atoms with Crippen LogP contribution >= 0.6 is 11.6 Å². The molecule has 0 unspecified atom stereocenters. The van der Waals surface area contributed by atoms with E-state index in [2.05, 4.69) is 10.6 Å². The summed E-state index contributed by atoms with van der Waals surface area (Å²) in [5, 5.41) is 15.4. The summed E-state index contributed by atoms with van der Waals surface area (Å²) in [4.78, 5) is 11.9. The Hall–Kier alpha value is -2.04. The minimum atomic E-state index is -0.441. The molecule has 5 heteroatoms. The Morgan fingerprint density at radius 2 is 1.75 bits per heavy atom. The van der Waals surface area contributed by atoms with Gasteiger partial charge in [-0.15, -0.1) is 0 Å². The molecule has 3 N–H and O–H groups in total. The SMILES string of the molecule is O=C(Nc1ccc(Cl)cc1)N[C@@H](CO)c1ccccc1. The molecule has 0 spiro atoms. The van der Waals surface area contributed by atoms with E-state index in [0.29, 0.717) is 10.7 Å². The maximum atomic E-state index is 11.9. The van der Waals surface area contributed by atoms with Gasteiger partial charge in [0.25, 0.3) is 0 Å². The van der Waals surface area contributed by atoms with Gasteiger partial charge in [0.15, 0.2) is 0 Å². The largest absolute Gasteiger partial charge is 0.394 e. The van der Waals surface area contributed by atoms with Crippen LogP contribution in [0.2, 0.25) is 5.02 Å². The Morgan fingerprint density at radius 3 is 2.35 bits per heavy atom. The zero-order valence-corrected chi connectivity index (χ0v) is 11.5. The molecule has 0 radical (unpaired) electrons. The van der Waals surface area contributed by atoms with Gasteiger partial charge < -0.3 is 15.7 Å². The van der Waals surface area contributed by atoms with Crippen molar-refractivity contribution in [1.82, 2.24) is 5.32 Å². The molecule has 0 fully saturated rings. The van der Waals surface area contributed by atoms with Gasteiger partial charge in [0.05, 0.1) is 12.6 Å². The molecule has 0 aromatic heterocycles. The highest BCUT2D eigenvalue weighted by atomic mass is 35.5. The fourth-order valence-corrected chi connectivity index (χ4v) is 1.90. The summed E-state index contributed by atoms with van der Waals surface area (Å²) in [6.45, 7) is -0.169. The number of anilines is 1. The zero-order valence-electron chi connectivity index (χ0n) is 10.7. The number of hydrogen-bond acceptors (Lipinski definition) is 2. The number of amides is 2. The van der Waals surface area contributed by atoms with Crippen LogP contribution in [0.4, 0.5) is 10.5 Å². The standard InChI is InChI=1S/C15H15ClN2O2/c16-12-6-8-13(9-7-12)17-15(20)18-14(10-19)11-4-2-1-3-5-11/h1-9,14,19H,10H2,(H2,17,18,20)/t14-/m0/s1. The lowest BCUT2D eigenvalue weighted by molar-refractivity contribution is 0.225. The number of aliphatic hydroxyl groups is 1. The summed E-state index contributed by atoms with van der Waals surface area (Å²) < 4.78 is 0. The molecular weight excluding hydrogens is 276 g/mol. The highest BCUT2D eigenvalue weighted by molar-refractivity contribution is 6.30. The number of carbonyl (C=O) groups excluding carboxylic acids is 1. The molecule has 0 bridgehead atoms. The van der Waals surface area contributed by atoms with Crippen LogP contribution in [0.25, 0.3) is 0 Å². The minimum Gasteiger partial charge on any atom is -0.394 e. The van der Waals surface area contributed by atoms with Crippen LogP contribution in [0.1, 0.15) is 11.6 Å². The van der Waals surface area contributed by atoms with E-state index in [0.717, 1.165) is 5.56 Å². The van der Waals surface area contributed by atoms with Crippen molar-refractivity contribution in [3.05, 3.63) is 65.2 Å². The van der Waals surface area contributed by atoms with Gasteiger partial charge in [-0.2, -0.15) is 0 Å². The predicted molar refractivity (Wildman–Crippen MR) is 79.9 cm³/mol. The second-order valence-corrected chi connectivity index (χ2v) is 4.69. The number of carbonyl (C=O) groups is 1. The van der Waals surface area contributed by atoms with E-state index in [9.17, 15) is 9.90 Å². The van der Waals surface area contributed by atoms with E-state index in [4.69, 9.17) is 11.6 Å². The first kappa shape index (κ1) is 14.4. The lowest BCUT2D eigenvalue weighted by Gasteiger charge is -2.17. The van der Waals surface area contributed by atoms with Gasteiger partial charge in [0.1, 0.15) is 0 Å². The lowest BCUT2D eigenvalue weighted by Crippen LogP contribution is -2.34. The number of benzene rings is 2. The van der Waals surface area contributed by atoms with Gasteiger partial charge in [0.2, 0.25) is 0 Å². The van der Waals surface area contributed by atoms with Crippen molar-refractivity contribution in [3.63, 3.8) is 0 Å². The van der Waals surface area contributed by atoms with Crippen molar-refractivity contribution >= 4 is 23.3 Å². The maximum Gasteiger partial charge on any atom is 0.319 e. The second kappa shape index (κ2) is 6.93. The predicted octanol–water partition coefficient (Wildman–Crippen LogP) is 3.20. The Bertz CT molecular complexity index is 558. The summed E-state index contributed by atoms with van der Waals surface area (Å²) >= 11 is 5.77. The molecular formula is C15H15ClN2O2. The van der Waals surface area contributed by atoms with Gasteiger partial charge >= 0.3 is 6.03 Å². The zero-order chi connectivity index (χ0) is 14.4. The van der Waals surface area contributed by atoms with Crippen molar-refractivity contribution in [2.24, 2.45) is 0 Å². The van der Waals surface area contributed by atoms with Crippen molar-refractivity contribution in [2.75, 3.05) is 11.9 Å². The number of urea groups is 1. The molecule has 0 aliphatic rings. The van der Waals surface area contributed by atoms with Crippen molar-refractivity contribution < 1.29 is 9.90 Å². The molecule has 2 rings (SSSR count). The highest BCUT2D eigenvalue weighted by Gasteiger charge is 2.13. The molecule has 0 aliphatic heterocycles. The lowest BCUT2D eigenvalue weighted by atomic mass is 10.1. The van der Waals surface area contributed by atoms with E-state index in [1.54, 1.807) is 24.3 Å². The Morgan fingerprint density at radius 1 is 1.10 bits per heavy atom. The summed E-state index contributed by atoms with van der Waals surface area (Å²) in [6, 6.07) is 15.3. The van der Waals surface area contributed by atoms with Crippen molar-refractivity contribution in [2.45, 2.75) is 6.04 Å². The fourth-order valence-electron chi connectivity index (χ4n) is 1.78. The number of halogens is 1. The third-order valence-corrected chi connectivity index (χ3v) is 3.04. The number of aliphatic hydroxyl groups excluding tert-OH is 1. The molecule has 0 aliphatic carbocycles. The third-order valence-electron chi connectivity index (χ3n) is 2.79. The average molecular weight is 291 g/mol. The quantitative estimate of drug-likeness (QED) is 0.810. The molecule has 104 valence electrons. The summed E-state index contributed by atoms with van der Waals surface area (Å²) in [7, 11) is 0. The molecule has 0 saturated heterocycles. The molecule has 2 aromatic carbocycles. The van der Waals surface area contributed by atoms with Crippen molar-refractivity contribution in [3.8, 4) is 0 Å². The first-order valence-corrected chi connectivity index (χ1v) is 6.55. The first-order chi connectivity index (χ1) is 9.69. The summed E-state index contributed by atoms with van der Waals surface area (Å²) in [6.07, 6.45) is 0. The Balaban J connectivity index is 1.97. The van der Waals surface area contributed by atoms with Crippen LogP contribution in [0.15, 0.2) is 54.6 Å². The molecule has 2 amide bonds. The van der Waals surface area contributed by atoms with Crippen LogP contribution in [0.3, 0.4) is 0 Å². The first-order valence-electron chi connectivity index (χ1n) is 6.18. The molecule has 1 atom stereocenters. The molecule has 20 heavy (non-hydrogen) atoms. The fraction of sp³-hybridized carbons (Fsp3) is 0.133. The van der Waals surface area contributed by atoms with Gasteiger partial charge in [-0.05, 0) is 29.8 Å². The van der Waals surface area contributed by atoms with Crippen molar-refractivity contribution in [1.29, 1.82) is 0 Å². The minimum absolute atomic E-state index is 0.169.